The van der Waals surface area contributed by atoms with Crippen LogP contribution in [0.4, 0.5) is 13.2 Å². The molecule has 2 unspecified atom stereocenters. The number of hydrogen-bond acceptors (Lipinski definition) is 3. The van der Waals surface area contributed by atoms with Crippen molar-refractivity contribution < 1.29 is 23.4 Å². The maximum atomic E-state index is 12.6. The molecule has 1 aromatic carbocycles. The van der Waals surface area contributed by atoms with Crippen LogP contribution < -0.4 is 0 Å². The van der Waals surface area contributed by atoms with Gasteiger partial charge in [-0.1, -0.05) is 11.2 Å². The third-order valence-corrected chi connectivity index (χ3v) is 2.62. The Morgan fingerprint density at radius 3 is 2.53 bits per heavy atom. The van der Waals surface area contributed by atoms with Crippen LogP contribution in [0.1, 0.15) is 22.8 Å². The molecule has 1 aromatic rings. The van der Waals surface area contributed by atoms with E-state index in [1.807, 2.05) is 0 Å². The number of aliphatic hydroxyl groups is 2. The number of halogens is 3. The lowest BCUT2D eigenvalue weighted by molar-refractivity contribution is -0.137. The first-order chi connectivity index (χ1) is 8.77. The van der Waals surface area contributed by atoms with Crippen molar-refractivity contribution in [3.63, 3.8) is 0 Å². The van der Waals surface area contributed by atoms with Gasteiger partial charge in [0, 0.05) is 4.91 Å². The van der Waals surface area contributed by atoms with Crippen molar-refractivity contribution in [2.24, 2.45) is 5.11 Å². The number of aliphatic hydroxyl groups excluding tert-OH is 2. The predicted octanol–water partition coefficient (Wildman–Crippen LogP) is 2.72. The Kier molecular flexibility index (Phi) is 4.77. The first kappa shape index (κ1) is 15.3. The molecule has 0 saturated carbocycles. The van der Waals surface area contributed by atoms with E-state index in [1.165, 1.54) is 13.0 Å². The zero-order chi connectivity index (χ0) is 14.6. The Bertz CT molecular complexity index is 498. The predicted molar refractivity (Wildman–Crippen MR) is 61.2 cm³/mol. The van der Waals surface area contributed by atoms with Crippen LogP contribution in [0, 0.1) is 6.92 Å². The molecule has 0 saturated heterocycles. The van der Waals surface area contributed by atoms with Crippen LogP contribution in [0.5, 0.6) is 0 Å². The molecule has 8 heteroatoms. The summed E-state index contributed by atoms with van der Waals surface area (Å²) in [7, 11) is 0. The summed E-state index contributed by atoms with van der Waals surface area (Å²) in [4.78, 5) is 2.40. The second-order valence-corrected chi connectivity index (χ2v) is 3.99. The Morgan fingerprint density at radius 1 is 1.37 bits per heavy atom. The number of azide groups is 1. The van der Waals surface area contributed by atoms with E-state index in [-0.39, 0.29) is 5.56 Å². The van der Waals surface area contributed by atoms with E-state index >= 15 is 0 Å². The van der Waals surface area contributed by atoms with Crippen molar-refractivity contribution in [1.82, 2.24) is 0 Å². The van der Waals surface area contributed by atoms with Crippen LogP contribution in [0.25, 0.3) is 10.4 Å². The molecule has 2 N–H and O–H groups in total. The van der Waals surface area contributed by atoms with Gasteiger partial charge in [0.05, 0.1) is 18.2 Å². The molecule has 0 fully saturated rings. The smallest absolute Gasteiger partial charge is 0.390 e. The third kappa shape index (κ3) is 3.85. The lowest BCUT2D eigenvalue weighted by Gasteiger charge is -2.19. The van der Waals surface area contributed by atoms with Crippen LogP contribution in [0.3, 0.4) is 0 Å². The second kappa shape index (κ2) is 5.92. The molecule has 2 atom stereocenters. The molecular weight excluding hydrogens is 263 g/mol. The molecule has 1 rings (SSSR count). The van der Waals surface area contributed by atoms with Gasteiger partial charge in [-0.3, -0.25) is 0 Å². The van der Waals surface area contributed by atoms with Crippen LogP contribution in [0.2, 0.25) is 0 Å². The van der Waals surface area contributed by atoms with Crippen LogP contribution in [0.15, 0.2) is 23.3 Å². The quantitative estimate of drug-likeness (QED) is 0.502. The maximum Gasteiger partial charge on any atom is 0.416 e. The van der Waals surface area contributed by atoms with Gasteiger partial charge < -0.3 is 10.2 Å². The van der Waals surface area contributed by atoms with Gasteiger partial charge in [-0.05, 0) is 35.7 Å². The number of rotatable bonds is 4. The van der Waals surface area contributed by atoms with Crippen molar-refractivity contribution in [3.05, 3.63) is 45.3 Å². The van der Waals surface area contributed by atoms with Gasteiger partial charge >= 0.3 is 6.18 Å². The molecule has 0 aromatic heterocycles. The summed E-state index contributed by atoms with van der Waals surface area (Å²) >= 11 is 0. The van der Waals surface area contributed by atoms with Gasteiger partial charge in [0.2, 0.25) is 0 Å². The standard InChI is InChI=1S/C11H12F3N3O2/c1-6-2-3-7(11(12,13)14)4-8(6)10(19)9(18)5-16-17-15/h2-4,9-10,18-19H,5H2,1H3. The fourth-order valence-electron chi connectivity index (χ4n) is 1.56. The van der Waals surface area contributed by atoms with E-state index in [2.05, 4.69) is 10.0 Å². The Labute approximate surface area is 106 Å². The average molecular weight is 275 g/mol. The summed E-state index contributed by atoms with van der Waals surface area (Å²) in [6.07, 6.45) is -7.54. The van der Waals surface area contributed by atoms with Crippen LogP contribution in [-0.4, -0.2) is 22.9 Å². The SMILES string of the molecule is Cc1ccc(C(F)(F)F)cc1C(O)C(O)CN=[N+]=[N-]. The number of benzene rings is 1. The zero-order valence-corrected chi connectivity index (χ0v) is 9.96. The largest absolute Gasteiger partial charge is 0.416 e. The Balaban J connectivity index is 3.08. The van der Waals surface area contributed by atoms with E-state index in [9.17, 15) is 23.4 Å². The minimum Gasteiger partial charge on any atom is -0.390 e. The first-order valence-electron chi connectivity index (χ1n) is 5.32. The Hall–Kier alpha value is -1.76. The van der Waals surface area contributed by atoms with E-state index in [1.54, 1.807) is 0 Å². The number of alkyl halides is 3. The highest BCUT2D eigenvalue weighted by Gasteiger charge is 2.32. The van der Waals surface area contributed by atoms with Gasteiger partial charge in [-0.25, -0.2) is 0 Å². The summed E-state index contributed by atoms with van der Waals surface area (Å²) in [5.74, 6) is 0. The van der Waals surface area contributed by atoms with Crippen molar-refractivity contribution in [2.75, 3.05) is 6.54 Å². The van der Waals surface area contributed by atoms with Crippen LogP contribution in [-0.2, 0) is 6.18 Å². The van der Waals surface area contributed by atoms with Crippen molar-refractivity contribution in [1.29, 1.82) is 0 Å². The zero-order valence-electron chi connectivity index (χ0n) is 9.96. The average Bonchev–Trinajstić information content (AvgIpc) is 2.34. The van der Waals surface area contributed by atoms with Gasteiger partial charge in [0.15, 0.2) is 0 Å². The third-order valence-electron chi connectivity index (χ3n) is 2.62. The molecule has 104 valence electrons. The number of aryl methyl sites for hydroxylation is 1. The molecule has 0 amide bonds. The molecule has 5 nitrogen and oxygen atoms in total. The number of nitrogens with zero attached hydrogens (tertiary/aromatic N) is 3. The van der Waals surface area contributed by atoms with E-state index < -0.39 is 30.5 Å². The van der Waals surface area contributed by atoms with Crippen molar-refractivity contribution >= 4 is 0 Å². The van der Waals surface area contributed by atoms with Gasteiger partial charge in [0.25, 0.3) is 0 Å². The Morgan fingerprint density at radius 2 is 2.00 bits per heavy atom. The van der Waals surface area contributed by atoms with E-state index in [0.29, 0.717) is 5.56 Å². The molecule has 0 aliphatic rings. The van der Waals surface area contributed by atoms with E-state index in [4.69, 9.17) is 5.53 Å². The normalized spacial score (nSPS) is 14.6. The second-order valence-electron chi connectivity index (χ2n) is 3.99. The molecule has 19 heavy (non-hydrogen) atoms. The summed E-state index contributed by atoms with van der Waals surface area (Å²) in [5.41, 5.74) is 7.53. The molecule has 0 aliphatic heterocycles. The van der Waals surface area contributed by atoms with Crippen LogP contribution >= 0.6 is 0 Å². The highest BCUT2D eigenvalue weighted by Crippen LogP contribution is 2.32. The van der Waals surface area contributed by atoms with Gasteiger partial charge in [-0.2, -0.15) is 13.2 Å². The van der Waals surface area contributed by atoms with Crippen molar-refractivity contribution in [2.45, 2.75) is 25.3 Å². The summed E-state index contributed by atoms with van der Waals surface area (Å²) in [6.45, 7) is 1.09. The van der Waals surface area contributed by atoms with Gasteiger partial charge in [-0.15, -0.1) is 0 Å². The highest BCUT2D eigenvalue weighted by molar-refractivity contribution is 5.34. The molecule has 0 spiro atoms. The lowest BCUT2D eigenvalue weighted by atomic mass is 9.97. The number of hydrogen-bond donors (Lipinski definition) is 2. The highest BCUT2D eigenvalue weighted by atomic mass is 19.4. The summed E-state index contributed by atoms with van der Waals surface area (Å²) < 4.78 is 37.7. The molecular formula is C11H12F3N3O2. The minimum atomic E-state index is -4.53. The van der Waals surface area contributed by atoms with Crippen molar-refractivity contribution in [3.8, 4) is 0 Å². The first-order valence-corrected chi connectivity index (χ1v) is 5.32. The fraction of sp³-hybridized carbons (Fsp3) is 0.455. The molecule has 0 aliphatic carbocycles. The molecule has 0 heterocycles. The summed E-state index contributed by atoms with van der Waals surface area (Å²) in [6, 6.07) is 2.88. The lowest BCUT2D eigenvalue weighted by Crippen LogP contribution is -2.22. The monoisotopic (exact) mass is 275 g/mol. The maximum absolute atomic E-state index is 12.6. The van der Waals surface area contributed by atoms with Gasteiger partial charge in [0.1, 0.15) is 6.10 Å². The molecule has 0 bridgehead atoms. The summed E-state index contributed by atoms with van der Waals surface area (Å²) in [5, 5.41) is 22.4. The minimum absolute atomic E-state index is 0.0459. The molecule has 0 radical (unpaired) electrons. The fourth-order valence-corrected chi connectivity index (χ4v) is 1.56. The topological polar surface area (TPSA) is 89.2 Å². The van der Waals surface area contributed by atoms with E-state index in [0.717, 1.165) is 12.1 Å².